The maximum Gasteiger partial charge on any atom is 0.234 e. The van der Waals surface area contributed by atoms with Crippen molar-refractivity contribution in [3.8, 4) is 5.69 Å². The van der Waals surface area contributed by atoms with E-state index in [1.807, 2.05) is 24.3 Å². The van der Waals surface area contributed by atoms with Gasteiger partial charge in [0.1, 0.15) is 6.33 Å². The van der Waals surface area contributed by atoms with Gasteiger partial charge in [0, 0.05) is 10.6 Å². The van der Waals surface area contributed by atoms with Crippen molar-refractivity contribution in [2.75, 3.05) is 11.1 Å². The van der Waals surface area contributed by atoms with E-state index in [1.165, 1.54) is 17.5 Å². The van der Waals surface area contributed by atoms with Crippen molar-refractivity contribution in [1.82, 2.24) is 20.2 Å². The topological polar surface area (TPSA) is 72.7 Å². The SMILES string of the molecule is Cc1ccc(C)c(SCC(=O)Nc2ccc(-n3cnnn3)cc2)c1. The fourth-order valence-corrected chi connectivity index (χ4v) is 3.10. The molecule has 0 unspecified atom stereocenters. The molecule has 0 atom stereocenters. The number of thioether (sulfide) groups is 1. The van der Waals surface area contributed by atoms with E-state index in [9.17, 15) is 4.79 Å². The molecule has 0 saturated carbocycles. The van der Waals surface area contributed by atoms with Gasteiger partial charge in [-0.2, -0.15) is 0 Å². The first-order valence-corrected chi connectivity index (χ1v) is 8.44. The average molecular weight is 339 g/mol. The number of benzene rings is 2. The van der Waals surface area contributed by atoms with Gasteiger partial charge in [-0.15, -0.1) is 16.9 Å². The summed E-state index contributed by atoms with van der Waals surface area (Å²) in [5, 5.41) is 13.9. The Hall–Kier alpha value is -2.67. The molecule has 6 nitrogen and oxygen atoms in total. The van der Waals surface area contributed by atoms with Crippen molar-refractivity contribution < 1.29 is 4.79 Å². The lowest BCUT2D eigenvalue weighted by Crippen LogP contribution is -2.14. The molecule has 1 amide bonds. The van der Waals surface area contributed by atoms with E-state index in [0.717, 1.165) is 16.3 Å². The van der Waals surface area contributed by atoms with E-state index >= 15 is 0 Å². The van der Waals surface area contributed by atoms with Crippen molar-refractivity contribution in [2.45, 2.75) is 18.7 Å². The zero-order valence-corrected chi connectivity index (χ0v) is 14.2. The third kappa shape index (κ3) is 3.99. The second kappa shape index (κ2) is 7.27. The quantitative estimate of drug-likeness (QED) is 0.724. The second-order valence-electron chi connectivity index (χ2n) is 5.41. The molecule has 0 aliphatic carbocycles. The van der Waals surface area contributed by atoms with E-state index in [-0.39, 0.29) is 5.91 Å². The lowest BCUT2D eigenvalue weighted by Gasteiger charge is -2.08. The monoisotopic (exact) mass is 339 g/mol. The van der Waals surface area contributed by atoms with Crippen LogP contribution in [0.4, 0.5) is 5.69 Å². The third-order valence-corrected chi connectivity index (χ3v) is 4.62. The summed E-state index contributed by atoms with van der Waals surface area (Å²) in [6.07, 6.45) is 1.52. The summed E-state index contributed by atoms with van der Waals surface area (Å²) in [7, 11) is 0. The molecule has 24 heavy (non-hydrogen) atoms. The Morgan fingerprint density at radius 2 is 1.96 bits per heavy atom. The molecule has 7 heteroatoms. The molecule has 0 radical (unpaired) electrons. The van der Waals surface area contributed by atoms with Crippen LogP contribution in [0.15, 0.2) is 53.7 Å². The molecule has 3 rings (SSSR count). The van der Waals surface area contributed by atoms with E-state index < -0.39 is 0 Å². The molecule has 1 aromatic heterocycles. The van der Waals surface area contributed by atoms with Crippen LogP contribution >= 0.6 is 11.8 Å². The molecular weight excluding hydrogens is 322 g/mol. The molecule has 0 fully saturated rings. The Morgan fingerprint density at radius 3 is 2.67 bits per heavy atom. The second-order valence-corrected chi connectivity index (χ2v) is 6.42. The van der Waals surface area contributed by atoms with E-state index in [1.54, 1.807) is 16.4 Å². The van der Waals surface area contributed by atoms with Gasteiger partial charge in [-0.3, -0.25) is 4.79 Å². The van der Waals surface area contributed by atoms with Crippen LogP contribution in [-0.4, -0.2) is 31.9 Å². The summed E-state index contributed by atoms with van der Waals surface area (Å²) < 4.78 is 1.56. The maximum absolute atomic E-state index is 12.1. The van der Waals surface area contributed by atoms with Crippen LogP contribution in [0.2, 0.25) is 0 Å². The summed E-state index contributed by atoms with van der Waals surface area (Å²) in [6.45, 7) is 4.10. The first-order chi connectivity index (χ1) is 11.6. The lowest BCUT2D eigenvalue weighted by molar-refractivity contribution is -0.113. The number of carbonyl (C=O) groups excluding carboxylic acids is 1. The Balaban J connectivity index is 1.58. The summed E-state index contributed by atoms with van der Waals surface area (Å²) in [6, 6.07) is 13.6. The van der Waals surface area contributed by atoms with Crippen molar-refractivity contribution in [1.29, 1.82) is 0 Å². The molecule has 0 aliphatic heterocycles. The van der Waals surface area contributed by atoms with Crippen LogP contribution in [0, 0.1) is 13.8 Å². The summed E-state index contributed by atoms with van der Waals surface area (Å²) >= 11 is 1.55. The molecule has 0 bridgehead atoms. The van der Waals surface area contributed by atoms with E-state index in [0.29, 0.717) is 5.75 Å². The maximum atomic E-state index is 12.1. The third-order valence-electron chi connectivity index (χ3n) is 3.47. The molecule has 1 N–H and O–H groups in total. The van der Waals surface area contributed by atoms with Crippen LogP contribution in [0.3, 0.4) is 0 Å². The summed E-state index contributed by atoms with van der Waals surface area (Å²) in [5.74, 6) is 0.343. The minimum Gasteiger partial charge on any atom is -0.325 e. The molecule has 122 valence electrons. The first-order valence-electron chi connectivity index (χ1n) is 7.45. The smallest absolute Gasteiger partial charge is 0.234 e. The number of tetrazole rings is 1. The van der Waals surface area contributed by atoms with Crippen molar-refractivity contribution in [2.24, 2.45) is 0 Å². The number of carbonyl (C=O) groups is 1. The van der Waals surface area contributed by atoms with Crippen molar-refractivity contribution in [3.63, 3.8) is 0 Å². The number of nitrogens with zero attached hydrogens (tertiary/aromatic N) is 4. The molecule has 0 saturated heterocycles. The largest absolute Gasteiger partial charge is 0.325 e. The van der Waals surface area contributed by atoms with Gasteiger partial charge in [-0.1, -0.05) is 17.7 Å². The van der Waals surface area contributed by atoms with Gasteiger partial charge in [-0.05, 0) is 60.2 Å². The minimum atomic E-state index is -0.0314. The molecule has 0 aliphatic rings. The first kappa shape index (κ1) is 16.2. The van der Waals surface area contributed by atoms with Gasteiger partial charge in [-0.25, -0.2) is 4.68 Å². The molecule has 2 aromatic carbocycles. The molecule has 1 heterocycles. The van der Waals surface area contributed by atoms with Crippen LogP contribution in [0.5, 0.6) is 0 Å². The fraction of sp³-hybridized carbons (Fsp3) is 0.176. The number of anilines is 1. The van der Waals surface area contributed by atoms with Crippen LogP contribution in [0.25, 0.3) is 5.69 Å². The lowest BCUT2D eigenvalue weighted by atomic mass is 10.2. The van der Waals surface area contributed by atoms with E-state index in [2.05, 4.69) is 52.9 Å². The highest BCUT2D eigenvalue weighted by atomic mass is 32.2. The van der Waals surface area contributed by atoms with Crippen LogP contribution in [-0.2, 0) is 4.79 Å². The Bertz CT molecular complexity index is 831. The summed E-state index contributed by atoms with van der Waals surface area (Å²) in [5.41, 5.74) is 3.96. The molecular formula is C17H17N5OS. The van der Waals surface area contributed by atoms with Gasteiger partial charge in [0.2, 0.25) is 5.91 Å². The van der Waals surface area contributed by atoms with Crippen molar-refractivity contribution >= 4 is 23.4 Å². The number of aryl methyl sites for hydroxylation is 2. The van der Waals surface area contributed by atoms with Gasteiger partial charge < -0.3 is 5.32 Å². The van der Waals surface area contributed by atoms with Crippen LogP contribution in [0.1, 0.15) is 11.1 Å². The minimum absolute atomic E-state index is 0.0314. The molecule has 3 aromatic rings. The summed E-state index contributed by atoms with van der Waals surface area (Å²) in [4.78, 5) is 13.3. The number of nitrogens with one attached hydrogen (secondary N) is 1. The number of hydrogen-bond donors (Lipinski definition) is 1. The average Bonchev–Trinajstić information content (AvgIpc) is 3.11. The fourth-order valence-electron chi connectivity index (χ4n) is 2.18. The Morgan fingerprint density at radius 1 is 1.17 bits per heavy atom. The highest BCUT2D eigenvalue weighted by molar-refractivity contribution is 8.00. The zero-order chi connectivity index (χ0) is 16.9. The number of amides is 1. The molecule has 0 spiro atoms. The highest BCUT2D eigenvalue weighted by Crippen LogP contribution is 2.23. The van der Waals surface area contributed by atoms with Gasteiger partial charge in [0.05, 0.1) is 11.4 Å². The predicted molar refractivity (Wildman–Crippen MR) is 94.4 cm³/mol. The normalized spacial score (nSPS) is 10.6. The van der Waals surface area contributed by atoms with Crippen molar-refractivity contribution in [3.05, 3.63) is 59.9 Å². The standard InChI is InChI=1S/C17H17N5OS/c1-12-3-4-13(2)16(9-12)24-10-17(23)19-14-5-7-15(8-6-14)22-11-18-20-21-22/h3-9,11H,10H2,1-2H3,(H,19,23). The predicted octanol–water partition coefficient (Wildman–Crippen LogP) is 3.01. The highest BCUT2D eigenvalue weighted by Gasteiger charge is 2.06. The number of rotatable bonds is 5. The van der Waals surface area contributed by atoms with E-state index in [4.69, 9.17) is 0 Å². The van der Waals surface area contributed by atoms with Gasteiger partial charge in [0.25, 0.3) is 0 Å². The van der Waals surface area contributed by atoms with Crippen LogP contribution < -0.4 is 5.32 Å². The zero-order valence-electron chi connectivity index (χ0n) is 13.4. The van der Waals surface area contributed by atoms with Gasteiger partial charge in [0.15, 0.2) is 0 Å². The Kier molecular flexibility index (Phi) is 4.90. The number of aromatic nitrogens is 4. The van der Waals surface area contributed by atoms with Gasteiger partial charge >= 0.3 is 0 Å². The number of hydrogen-bond acceptors (Lipinski definition) is 5. The Labute approximate surface area is 144 Å².